The van der Waals surface area contributed by atoms with E-state index >= 15 is 0 Å². The van der Waals surface area contributed by atoms with Gasteiger partial charge in [-0.25, -0.2) is 13.6 Å². The molecule has 43 heavy (non-hydrogen) atoms. The molecule has 0 amide bonds. The van der Waals surface area contributed by atoms with Gasteiger partial charge in [-0.1, -0.05) is 40.2 Å². The van der Waals surface area contributed by atoms with Crippen molar-refractivity contribution in [2.45, 2.75) is 55.4 Å². The van der Waals surface area contributed by atoms with Crippen LogP contribution in [0.1, 0.15) is 29.3 Å². The minimum absolute atomic E-state index is 0.0179. The first-order valence-electron chi connectivity index (χ1n) is 13.1. The van der Waals surface area contributed by atoms with Crippen LogP contribution in [0.15, 0.2) is 69.3 Å². The highest BCUT2D eigenvalue weighted by Crippen LogP contribution is 2.40. The van der Waals surface area contributed by atoms with Crippen molar-refractivity contribution in [1.29, 1.82) is 0 Å². The Bertz CT molecular complexity index is 1630. The maximum absolute atomic E-state index is 13.7. The number of carbonyl (C=O) groups excluding carboxylic acids is 2. The van der Waals surface area contributed by atoms with Crippen molar-refractivity contribution in [2.75, 3.05) is 0 Å². The zero-order valence-electron chi connectivity index (χ0n) is 22.5. The fourth-order valence-corrected chi connectivity index (χ4v) is 5.27. The molecule has 1 aliphatic heterocycles. The number of halogens is 3. The molecule has 3 unspecified atom stereocenters. The van der Waals surface area contributed by atoms with Crippen LogP contribution in [-0.4, -0.2) is 61.2 Å². The molecule has 0 spiro atoms. The van der Waals surface area contributed by atoms with Gasteiger partial charge in [0.25, 0.3) is 5.56 Å². The molecule has 1 aliphatic rings. The lowest BCUT2D eigenvalue weighted by molar-refractivity contribution is -0.162. The van der Waals surface area contributed by atoms with Crippen LogP contribution in [0.4, 0.5) is 8.78 Å². The Kier molecular flexibility index (Phi) is 10.00. The average molecular weight is 663 g/mol. The molecular formula is C29H29BrF2N4O7. The molecular weight excluding hydrogens is 634 g/mol. The number of aromatic amines is 1. The maximum atomic E-state index is 13.7. The Hall–Kier alpha value is -3.66. The van der Waals surface area contributed by atoms with E-state index in [1.807, 2.05) is 0 Å². The van der Waals surface area contributed by atoms with Crippen molar-refractivity contribution in [1.82, 2.24) is 9.55 Å². The summed E-state index contributed by atoms with van der Waals surface area (Å²) in [6.45, 7) is 0. The van der Waals surface area contributed by atoms with Crippen molar-refractivity contribution < 1.29 is 33.3 Å². The maximum Gasteiger partial charge on any atom is 0.330 e. The Morgan fingerprint density at radius 3 is 2.12 bits per heavy atom. The third kappa shape index (κ3) is 7.12. The van der Waals surface area contributed by atoms with Gasteiger partial charge in [-0.15, -0.1) is 0 Å². The smallest absolute Gasteiger partial charge is 0.330 e. The Balaban J connectivity index is 1.67. The molecule has 228 valence electrons. The molecule has 2 heterocycles. The third-order valence-corrected chi connectivity index (χ3v) is 7.52. The van der Waals surface area contributed by atoms with Gasteiger partial charge in [-0.2, -0.15) is 0 Å². The van der Waals surface area contributed by atoms with E-state index in [2.05, 4.69) is 20.9 Å². The summed E-state index contributed by atoms with van der Waals surface area (Å²) in [6.07, 6.45) is -3.92. The zero-order valence-corrected chi connectivity index (χ0v) is 24.1. The summed E-state index contributed by atoms with van der Waals surface area (Å²) < 4.78 is 33.4. The second kappa shape index (κ2) is 13.3. The second-order valence-corrected chi connectivity index (χ2v) is 10.8. The number of benzene rings is 2. The van der Waals surface area contributed by atoms with Crippen molar-refractivity contribution in [3.05, 3.63) is 109 Å². The number of H-pyrrole nitrogens is 1. The monoisotopic (exact) mass is 662 g/mol. The Morgan fingerprint density at radius 1 is 1.05 bits per heavy atom. The normalized spacial score (nSPS) is 22.4. The molecule has 0 saturated carbocycles. The molecule has 1 fully saturated rings. The molecule has 1 aromatic heterocycles. The van der Waals surface area contributed by atoms with Crippen molar-refractivity contribution in [3.63, 3.8) is 0 Å². The number of hydrogen-bond acceptors (Lipinski definition) is 9. The van der Waals surface area contributed by atoms with Crippen LogP contribution in [-0.2, 0) is 27.2 Å². The highest BCUT2D eigenvalue weighted by Gasteiger charge is 2.58. The van der Waals surface area contributed by atoms with E-state index in [0.29, 0.717) is 11.1 Å². The van der Waals surface area contributed by atoms with Crippen molar-refractivity contribution in [3.8, 4) is 0 Å². The minimum atomic E-state index is -2.60. The number of ether oxygens (including phenoxy) is 1. The quantitative estimate of drug-likeness (QED) is 0.198. The SMILES string of the molecule is NC(Cc1ccc(F)cc1)C(=O)C(O)[C@H]1O[C@@H](n2cc(/C=C/Br)c(=O)[nH]c2=O)C[C@@]1(O)C(=O)C(N)Cc1ccc(F)cc1. The van der Waals surface area contributed by atoms with Gasteiger partial charge in [0.15, 0.2) is 17.2 Å². The fraction of sp³-hybridized carbons (Fsp3) is 0.310. The lowest BCUT2D eigenvalue weighted by Gasteiger charge is -2.32. The summed E-state index contributed by atoms with van der Waals surface area (Å²) in [5.41, 5.74) is 8.91. The number of aliphatic hydroxyl groups excluding tert-OH is 1. The number of aromatic nitrogens is 2. The zero-order chi connectivity index (χ0) is 31.5. The first-order chi connectivity index (χ1) is 20.3. The number of Topliss-reactive ketones (excluding diaryl/α,β-unsaturated/α-hetero) is 2. The molecule has 14 heteroatoms. The van der Waals surface area contributed by atoms with Gasteiger partial charge in [-0.3, -0.25) is 23.9 Å². The summed E-state index contributed by atoms with van der Waals surface area (Å²) in [5.74, 6) is -3.01. The molecule has 4 rings (SSSR count). The summed E-state index contributed by atoms with van der Waals surface area (Å²) in [4.78, 5) is 55.3. The Labute approximate surface area is 251 Å². The van der Waals surface area contributed by atoms with Gasteiger partial charge in [-0.05, 0) is 59.3 Å². The van der Waals surface area contributed by atoms with Gasteiger partial charge in [0.05, 0.1) is 17.6 Å². The molecule has 11 nitrogen and oxygen atoms in total. The van der Waals surface area contributed by atoms with Crippen LogP contribution < -0.4 is 22.7 Å². The lowest BCUT2D eigenvalue weighted by atomic mass is 9.80. The number of hydrogen-bond donors (Lipinski definition) is 5. The topological polar surface area (TPSA) is 191 Å². The summed E-state index contributed by atoms with van der Waals surface area (Å²) in [7, 11) is 0. The lowest BCUT2D eigenvalue weighted by Crippen LogP contribution is -2.60. The van der Waals surface area contributed by atoms with E-state index < -0.39 is 77.0 Å². The van der Waals surface area contributed by atoms with Gasteiger partial charge in [0.2, 0.25) is 0 Å². The minimum Gasteiger partial charge on any atom is -0.382 e. The number of rotatable bonds is 11. The summed E-state index contributed by atoms with van der Waals surface area (Å²) >= 11 is 3.04. The fourth-order valence-electron chi connectivity index (χ4n) is 4.99. The summed E-state index contributed by atoms with van der Waals surface area (Å²) in [5, 5.41) is 22.9. The van der Waals surface area contributed by atoms with Gasteiger partial charge < -0.3 is 26.4 Å². The van der Waals surface area contributed by atoms with Crippen LogP contribution >= 0.6 is 15.9 Å². The van der Waals surface area contributed by atoms with Crippen LogP contribution in [0, 0.1) is 11.6 Å². The van der Waals surface area contributed by atoms with Crippen LogP contribution in [0.25, 0.3) is 6.08 Å². The highest BCUT2D eigenvalue weighted by atomic mass is 79.9. The van der Waals surface area contributed by atoms with Crippen LogP contribution in [0.2, 0.25) is 0 Å². The molecule has 0 bridgehead atoms. The number of aliphatic hydroxyl groups is 2. The summed E-state index contributed by atoms with van der Waals surface area (Å²) in [6, 6.07) is 7.59. The number of nitrogens with two attached hydrogens (primary N) is 2. The number of nitrogens with zero attached hydrogens (tertiary/aromatic N) is 1. The first kappa shape index (κ1) is 32.3. The van der Waals surface area contributed by atoms with Crippen LogP contribution in [0.5, 0.6) is 0 Å². The average Bonchev–Trinajstić information content (AvgIpc) is 3.33. The largest absolute Gasteiger partial charge is 0.382 e. The van der Waals surface area contributed by atoms with Crippen molar-refractivity contribution >= 4 is 33.6 Å². The molecule has 2 aromatic carbocycles. The van der Waals surface area contributed by atoms with Crippen LogP contribution in [0.3, 0.4) is 0 Å². The van der Waals surface area contributed by atoms with Gasteiger partial charge in [0, 0.05) is 12.6 Å². The third-order valence-electron chi connectivity index (χ3n) is 7.25. The van der Waals surface area contributed by atoms with E-state index in [4.69, 9.17) is 16.2 Å². The van der Waals surface area contributed by atoms with Gasteiger partial charge >= 0.3 is 5.69 Å². The van der Waals surface area contributed by atoms with Crippen molar-refractivity contribution in [2.24, 2.45) is 11.5 Å². The highest BCUT2D eigenvalue weighted by molar-refractivity contribution is 9.11. The number of nitrogens with one attached hydrogen (secondary N) is 1. The van der Waals surface area contributed by atoms with Gasteiger partial charge in [0.1, 0.15) is 30.1 Å². The molecule has 1 saturated heterocycles. The predicted molar refractivity (Wildman–Crippen MR) is 155 cm³/mol. The van der Waals surface area contributed by atoms with E-state index in [1.54, 1.807) is 0 Å². The second-order valence-electron chi connectivity index (χ2n) is 10.3. The predicted octanol–water partition coefficient (Wildman–Crippen LogP) is 0.838. The first-order valence-corrected chi connectivity index (χ1v) is 14.0. The van der Waals surface area contributed by atoms with E-state index in [0.717, 1.165) is 10.8 Å². The van der Waals surface area contributed by atoms with E-state index in [1.165, 1.54) is 59.6 Å². The van der Waals surface area contributed by atoms with E-state index in [9.17, 15) is 38.2 Å². The standard InChI is InChI=1S/C29H29BrF2N4O7/c30-10-9-17-14-36(28(41)35-27(17)40)22-13-29(42,25(39)21(34)12-16-3-7-19(32)8-4-16)26(43-22)24(38)23(37)20(33)11-15-1-5-18(31)6-2-15/h1-10,14,20-22,24,26,38,42H,11-13,33-34H2,(H,35,40,41)/b10-9+/t20?,21?,22-,24?,26-,29-/m1/s1. The Morgan fingerprint density at radius 2 is 1.58 bits per heavy atom. The molecule has 0 aliphatic carbocycles. The number of carbonyl (C=O) groups is 2. The molecule has 0 radical (unpaired) electrons. The van der Waals surface area contributed by atoms with E-state index in [-0.39, 0.29) is 18.4 Å². The molecule has 3 aromatic rings. The molecule has 6 atom stereocenters. The molecule has 7 N–H and O–H groups in total. The number of ketones is 2.